The van der Waals surface area contributed by atoms with Crippen LogP contribution in [0.2, 0.25) is 0 Å². The van der Waals surface area contributed by atoms with Gasteiger partial charge in [-0.1, -0.05) is 54.6 Å². The number of piperazine rings is 1. The van der Waals surface area contributed by atoms with Crippen LogP contribution in [-0.2, 0) is 4.79 Å². The van der Waals surface area contributed by atoms with Gasteiger partial charge in [-0.25, -0.2) is 9.79 Å². The summed E-state index contributed by atoms with van der Waals surface area (Å²) in [6.45, 7) is 4.33. The Morgan fingerprint density at radius 2 is 1.70 bits per heavy atom. The minimum absolute atomic E-state index is 0.296. The SMILES string of the molecule is CC(=O)O.Cc1ccccc1N=C(NC#N)N1CCN(C(=O)Nc2cccc(C(N)=O)c2)C(c2ccccc2)C1. The van der Waals surface area contributed by atoms with Gasteiger partial charge < -0.3 is 26.0 Å². The first-order valence-corrected chi connectivity index (χ1v) is 12.5. The number of nitriles is 1. The highest BCUT2D eigenvalue weighted by Gasteiger charge is 2.33. The number of nitrogens with two attached hydrogens (primary N) is 1. The second-order valence-corrected chi connectivity index (χ2v) is 8.92. The van der Waals surface area contributed by atoms with E-state index in [4.69, 9.17) is 20.6 Å². The molecule has 0 aliphatic carbocycles. The molecule has 3 amide bonds. The zero-order chi connectivity index (χ0) is 29.1. The number of nitrogens with one attached hydrogen (secondary N) is 2. The van der Waals surface area contributed by atoms with E-state index in [9.17, 15) is 14.9 Å². The van der Waals surface area contributed by atoms with Gasteiger partial charge in [0.2, 0.25) is 11.9 Å². The van der Waals surface area contributed by atoms with Gasteiger partial charge in [0.15, 0.2) is 6.19 Å². The van der Waals surface area contributed by atoms with Gasteiger partial charge in [0.05, 0.1) is 11.7 Å². The van der Waals surface area contributed by atoms with Crippen molar-refractivity contribution in [2.45, 2.75) is 19.9 Å². The van der Waals surface area contributed by atoms with Gasteiger partial charge in [0.25, 0.3) is 5.97 Å². The number of benzene rings is 3. The molecule has 3 aromatic carbocycles. The molecule has 0 radical (unpaired) electrons. The van der Waals surface area contributed by atoms with Crippen molar-refractivity contribution in [3.63, 3.8) is 0 Å². The molecule has 40 heavy (non-hydrogen) atoms. The van der Waals surface area contributed by atoms with Gasteiger partial charge in [0, 0.05) is 37.8 Å². The van der Waals surface area contributed by atoms with Crippen molar-refractivity contribution < 1.29 is 19.5 Å². The molecule has 206 valence electrons. The third kappa shape index (κ3) is 8.06. The quantitative estimate of drug-likeness (QED) is 0.169. The zero-order valence-electron chi connectivity index (χ0n) is 22.2. The van der Waals surface area contributed by atoms with Gasteiger partial charge in [-0.15, -0.1) is 0 Å². The van der Waals surface area contributed by atoms with Crippen LogP contribution in [0.1, 0.15) is 34.5 Å². The lowest BCUT2D eigenvalue weighted by Crippen LogP contribution is -2.55. The van der Waals surface area contributed by atoms with E-state index in [1.807, 2.05) is 72.6 Å². The summed E-state index contributed by atoms with van der Waals surface area (Å²) < 4.78 is 0. The number of hydrogen-bond acceptors (Lipinski definition) is 5. The molecule has 1 atom stereocenters. The largest absolute Gasteiger partial charge is 0.481 e. The summed E-state index contributed by atoms with van der Waals surface area (Å²) in [5.41, 5.74) is 8.89. The monoisotopic (exact) mass is 541 g/mol. The molecule has 1 aliphatic heterocycles. The van der Waals surface area contributed by atoms with Crippen LogP contribution >= 0.6 is 0 Å². The van der Waals surface area contributed by atoms with E-state index in [1.165, 1.54) is 0 Å². The number of carboxylic acid groups (broad SMARTS) is 1. The first-order valence-electron chi connectivity index (χ1n) is 12.5. The number of hydrogen-bond donors (Lipinski definition) is 4. The van der Waals surface area contributed by atoms with Crippen LogP contribution in [0.25, 0.3) is 0 Å². The topological polar surface area (TPSA) is 164 Å². The molecule has 1 unspecified atom stereocenters. The maximum absolute atomic E-state index is 13.4. The summed E-state index contributed by atoms with van der Waals surface area (Å²) in [6, 6.07) is 23.3. The number of carbonyl (C=O) groups excluding carboxylic acids is 2. The molecule has 11 heteroatoms. The molecule has 1 heterocycles. The molecule has 1 saturated heterocycles. The maximum Gasteiger partial charge on any atom is 0.322 e. The number of carbonyl (C=O) groups is 3. The third-order valence-corrected chi connectivity index (χ3v) is 6.03. The Morgan fingerprint density at radius 3 is 2.35 bits per heavy atom. The number of anilines is 1. The highest BCUT2D eigenvalue weighted by Crippen LogP contribution is 2.27. The van der Waals surface area contributed by atoms with Crippen molar-refractivity contribution >= 4 is 35.2 Å². The van der Waals surface area contributed by atoms with Gasteiger partial charge in [-0.05, 0) is 42.3 Å². The van der Waals surface area contributed by atoms with Crippen molar-refractivity contribution in [1.29, 1.82) is 5.26 Å². The molecule has 11 nitrogen and oxygen atoms in total. The Bertz CT molecular complexity index is 1420. The van der Waals surface area contributed by atoms with Crippen molar-refractivity contribution in [3.05, 3.63) is 95.6 Å². The Balaban J connectivity index is 0.00000103. The number of carboxylic acids is 1. The standard InChI is InChI=1S/C27H27N7O2.C2H4O2/c1-19-8-5-6-13-23(19)32-26(30-18-28)33-14-15-34(24(17-33)20-9-3-2-4-10-20)27(36)31-22-12-7-11-21(16-22)25(29)35;1-2(3)4/h2-13,16,24H,14-15,17H2,1H3,(H2,29,35)(H,30,32)(H,31,36);1H3,(H,3,4). The lowest BCUT2D eigenvalue weighted by molar-refractivity contribution is -0.134. The van der Waals surface area contributed by atoms with E-state index >= 15 is 0 Å². The summed E-state index contributed by atoms with van der Waals surface area (Å²) in [5.74, 6) is -0.964. The second-order valence-electron chi connectivity index (χ2n) is 8.92. The summed E-state index contributed by atoms with van der Waals surface area (Å²) in [7, 11) is 0. The number of urea groups is 1. The van der Waals surface area contributed by atoms with Crippen molar-refractivity contribution in [2.24, 2.45) is 10.7 Å². The molecule has 5 N–H and O–H groups in total. The summed E-state index contributed by atoms with van der Waals surface area (Å²) in [5, 5.41) is 22.4. The van der Waals surface area contributed by atoms with Crippen LogP contribution < -0.4 is 16.4 Å². The predicted molar refractivity (Wildman–Crippen MR) is 152 cm³/mol. The van der Waals surface area contributed by atoms with Crippen LogP contribution in [0, 0.1) is 18.4 Å². The van der Waals surface area contributed by atoms with E-state index in [-0.39, 0.29) is 12.1 Å². The minimum atomic E-state index is -0.833. The molecule has 4 rings (SSSR count). The predicted octanol–water partition coefficient (Wildman–Crippen LogP) is 3.83. The highest BCUT2D eigenvalue weighted by atomic mass is 16.4. The molecular formula is C29H31N7O4. The minimum Gasteiger partial charge on any atom is -0.481 e. The van der Waals surface area contributed by atoms with Gasteiger partial charge in [-0.3, -0.25) is 14.9 Å². The number of amides is 3. The number of para-hydroxylation sites is 1. The van der Waals surface area contributed by atoms with Crippen LogP contribution in [-0.4, -0.2) is 58.4 Å². The lowest BCUT2D eigenvalue weighted by Gasteiger charge is -2.42. The molecule has 0 saturated carbocycles. The zero-order valence-corrected chi connectivity index (χ0v) is 22.2. The van der Waals surface area contributed by atoms with Crippen molar-refractivity contribution in [3.8, 4) is 6.19 Å². The Hall–Kier alpha value is -5.37. The molecule has 1 fully saturated rings. The van der Waals surface area contributed by atoms with Crippen molar-refractivity contribution in [1.82, 2.24) is 15.1 Å². The van der Waals surface area contributed by atoms with E-state index in [1.54, 1.807) is 29.2 Å². The van der Waals surface area contributed by atoms with E-state index in [2.05, 4.69) is 10.6 Å². The van der Waals surface area contributed by atoms with Gasteiger partial charge >= 0.3 is 6.03 Å². The average Bonchev–Trinajstić information content (AvgIpc) is 2.94. The molecule has 0 aromatic heterocycles. The summed E-state index contributed by atoms with van der Waals surface area (Å²) in [4.78, 5) is 42.3. The lowest BCUT2D eigenvalue weighted by atomic mass is 10.0. The first-order chi connectivity index (χ1) is 19.2. The summed E-state index contributed by atoms with van der Waals surface area (Å²) >= 11 is 0. The number of aryl methyl sites for hydroxylation is 1. The molecule has 0 bridgehead atoms. The average molecular weight is 542 g/mol. The Kier molecular flexibility index (Phi) is 10.2. The van der Waals surface area contributed by atoms with Gasteiger partial charge in [-0.2, -0.15) is 5.26 Å². The first kappa shape index (κ1) is 29.2. The Morgan fingerprint density at radius 1 is 1.02 bits per heavy atom. The molecule has 1 aliphatic rings. The number of aliphatic imine (C=N–C) groups is 1. The molecule has 3 aromatic rings. The number of aliphatic carboxylic acids is 1. The fourth-order valence-corrected chi connectivity index (χ4v) is 4.16. The highest BCUT2D eigenvalue weighted by molar-refractivity contribution is 5.96. The number of rotatable bonds is 4. The van der Waals surface area contributed by atoms with Crippen molar-refractivity contribution in [2.75, 3.05) is 25.0 Å². The molecular weight excluding hydrogens is 510 g/mol. The maximum atomic E-state index is 13.4. The fourth-order valence-electron chi connectivity index (χ4n) is 4.16. The second kappa shape index (κ2) is 14.0. The van der Waals surface area contributed by atoms with Crippen LogP contribution in [0.3, 0.4) is 0 Å². The van der Waals surface area contributed by atoms with E-state index in [0.29, 0.717) is 36.8 Å². The number of primary amides is 1. The van der Waals surface area contributed by atoms with Crippen LogP contribution in [0.15, 0.2) is 83.9 Å². The number of nitrogens with zero attached hydrogens (tertiary/aromatic N) is 4. The van der Waals surface area contributed by atoms with Gasteiger partial charge in [0.1, 0.15) is 0 Å². The third-order valence-electron chi connectivity index (χ3n) is 6.03. The summed E-state index contributed by atoms with van der Waals surface area (Å²) in [6.07, 6.45) is 1.99. The van der Waals surface area contributed by atoms with Crippen LogP contribution in [0.4, 0.5) is 16.2 Å². The van der Waals surface area contributed by atoms with E-state index in [0.717, 1.165) is 23.7 Å². The number of guanidine groups is 1. The van der Waals surface area contributed by atoms with E-state index < -0.39 is 11.9 Å². The fraction of sp³-hybridized carbons (Fsp3) is 0.207. The Labute approximate surface area is 232 Å². The van der Waals surface area contributed by atoms with Crippen LogP contribution in [0.5, 0.6) is 0 Å². The molecule has 0 spiro atoms. The smallest absolute Gasteiger partial charge is 0.322 e. The normalized spacial score (nSPS) is 14.7.